The van der Waals surface area contributed by atoms with Crippen molar-refractivity contribution in [3.8, 4) is 11.8 Å². The van der Waals surface area contributed by atoms with E-state index in [9.17, 15) is 0 Å². The van der Waals surface area contributed by atoms with Crippen molar-refractivity contribution in [2.75, 3.05) is 0 Å². The zero-order valence-corrected chi connectivity index (χ0v) is 7.01. The molecule has 0 spiro atoms. The van der Waals surface area contributed by atoms with Crippen molar-refractivity contribution in [2.24, 2.45) is 0 Å². The molecule has 1 aromatic carbocycles. The summed E-state index contributed by atoms with van der Waals surface area (Å²) in [6, 6.07) is 13.5. The molecule has 0 aliphatic rings. The van der Waals surface area contributed by atoms with Crippen LogP contribution in [-0.4, -0.2) is 4.57 Å². The average molecular weight is 168 g/mol. The smallest absolute Gasteiger partial charge is 0.0991 e. The van der Waals surface area contributed by atoms with Crippen molar-refractivity contribution in [1.82, 2.24) is 4.57 Å². The van der Waals surface area contributed by atoms with Gasteiger partial charge in [0.2, 0.25) is 0 Å². The van der Waals surface area contributed by atoms with Crippen LogP contribution in [0.3, 0.4) is 0 Å². The van der Waals surface area contributed by atoms with Gasteiger partial charge in [0.1, 0.15) is 0 Å². The second-order valence-corrected chi connectivity index (χ2v) is 2.75. The highest BCUT2D eigenvalue weighted by Gasteiger charge is 1.93. The molecular formula is C11H8N2. The van der Waals surface area contributed by atoms with E-state index in [1.165, 1.54) is 0 Å². The number of nitriles is 1. The zero-order valence-electron chi connectivity index (χ0n) is 7.01. The van der Waals surface area contributed by atoms with Crippen LogP contribution in [0.5, 0.6) is 0 Å². The molecule has 62 valence electrons. The van der Waals surface area contributed by atoms with E-state index in [0.29, 0.717) is 5.56 Å². The van der Waals surface area contributed by atoms with Gasteiger partial charge in [0.05, 0.1) is 11.6 Å². The fraction of sp³-hybridized carbons (Fsp3) is 0. The van der Waals surface area contributed by atoms with Crippen molar-refractivity contribution in [3.05, 3.63) is 54.4 Å². The first-order valence-electron chi connectivity index (χ1n) is 4.03. The van der Waals surface area contributed by atoms with Crippen molar-refractivity contribution in [1.29, 1.82) is 5.26 Å². The van der Waals surface area contributed by atoms with Crippen LogP contribution in [0.4, 0.5) is 0 Å². The molecule has 1 heterocycles. The van der Waals surface area contributed by atoms with Crippen LogP contribution < -0.4 is 0 Å². The van der Waals surface area contributed by atoms with E-state index < -0.39 is 0 Å². The Bertz CT molecular complexity index is 418. The first-order chi connectivity index (χ1) is 6.40. The topological polar surface area (TPSA) is 28.7 Å². The third kappa shape index (κ3) is 1.45. The lowest BCUT2D eigenvalue weighted by atomic mass is 10.2. The zero-order chi connectivity index (χ0) is 9.10. The van der Waals surface area contributed by atoms with E-state index in [4.69, 9.17) is 5.26 Å². The van der Waals surface area contributed by atoms with Crippen LogP contribution in [0.2, 0.25) is 0 Å². The molecule has 1 aromatic heterocycles. The molecule has 0 aliphatic heterocycles. The summed E-state index contributed by atoms with van der Waals surface area (Å²) in [6.07, 6.45) is 3.95. The fourth-order valence-corrected chi connectivity index (χ4v) is 1.21. The van der Waals surface area contributed by atoms with Gasteiger partial charge in [0.15, 0.2) is 0 Å². The van der Waals surface area contributed by atoms with Gasteiger partial charge in [0.25, 0.3) is 0 Å². The third-order valence-corrected chi connectivity index (χ3v) is 1.90. The van der Waals surface area contributed by atoms with Gasteiger partial charge >= 0.3 is 0 Å². The minimum Gasteiger partial charge on any atom is -0.324 e. The maximum absolute atomic E-state index is 8.60. The summed E-state index contributed by atoms with van der Waals surface area (Å²) in [5.41, 5.74) is 1.76. The van der Waals surface area contributed by atoms with E-state index in [1.54, 1.807) is 0 Å². The molecule has 2 heteroatoms. The van der Waals surface area contributed by atoms with Crippen molar-refractivity contribution >= 4 is 0 Å². The summed E-state index contributed by atoms with van der Waals surface area (Å²) in [5, 5.41) is 8.60. The van der Waals surface area contributed by atoms with Crippen molar-refractivity contribution < 1.29 is 0 Å². The summed E-state index contributed by atoms with van der Waals surface area (Å²) in [4.78, 5) is 0. The number of benzene rings is 1. The summed E-state index contributed by atoms with van der Waals surface area (Å²) < 4.78 is 2.00. The molecule has 0 amide bonds. The SMILES string of the molecule is N#Cc1ccc(-n2cccc2)cc1. The van der Waals surface area contributed by atoms with Gasteiger partial charge < -0.3 is 4.57 Å². The van der Waals surface area contributed by atoms with Crippen LogP contribution in [-0.2, 0) is 0 Å². The first-order valence-corrected chi connectivity index (χ1v) is 4.03. The Morgan fingerprint density at radius 3 is 2.15 bits per heavy atom. The van der Waals surface area contributed by atoms with Crippen LogP contribution in [0, 0.1) is 11.3 Å². The second-order valence-electron chi connectivity index (χ2n) is 2.75. The Labute approximate surface area is 76.7 Å². The lowest BCUT2D eigenvalue weighted by molar-refractivity contribution is 1.08. The molecule has 2 aromatic rings. The van der Waals surface area contributed by atoms with Gasteiger partial charge in [-0.25, -0.2) is 0 Å². The molecule has 0 N–H and O–H groups in total. The number of aromatic nitrogens is 1. The van der Waals surface area contributed by atoms with E-state index in [2.05, 4.69) is 6.07 Å². The summed E-state index contributed by atoms with van der Waals surface area (Å²) in [6.45, 7) is 0. The molecule has 13 heavy (non-hydrogen) atoms. The Balaban J connectivity index is 2.40. The summed E-state index contributed by atoms with van der Waals surface area (Å²) >= 11 is 0. The normalized spacial score (nSPS) is 9.46. The molecule has 0 bridgehead atoms. The predicted octanol–water partition coefficient (Wildman–Crippen LogP) is 2.35. The quantitative estimate of drug-likeness (QED) is 0.642. The van der Waals surface area contributed by atoms with E-state index in [1.807, 2.05) is 53.4 Å². The van der Waals surface area contributed by atoms with Gasteiger partial charge in [0, 0.05) is 18.1 Å². The molecule has 0 fully saturated rings. The van der Waals surface area contributed by atoms with Crippen LogP contribution in [0.1, 0.15) is 5.56 Å². The Morgan fingerprint density at radius 1 is 1.00 bits per heavy atom. The molecular weight excluding hydrogens is 160 g/mol. The van der Waals surface area contributed by atoms with E-state index >= 15 is 0 Å². The highest BCUT2D eigenvalue weighted by Crippen LogP contribution is 2.08. The van der Waals surface area contributed by atoms with Gasteiger partial charge in [-0.1, -0.05) is 0 Å². The molecule has 2 nitrogen and oxygen atoms in total. The monoisotopic (exact) mass is 168 g/mol. The number of rotatable bonds is 1. The average Bonchev–Trinajstić information content (AvgIpc) is 2.71. The van der Waals surface area contributed by atoms with Gasteiger partial charge in [-0.3, -0.25) is 0 Å². The van der Waals surface area contributed by atoms with Crippen LogP contribution in [0.15, 0.2) is 48.8 Å². The van der Waals surface area contributed by atoms with Crippen LogP contribution in [0.25, 0.3) is 5.69 Å². The van der Waals surface area contributed by atoms with Gasteiger partial charge in [-0.2, -0.15) is 5.26 Å². The van der Waals surface area contributed by atoms with Crippen LogP contribution >= 0.6 is 0 Å². The van der Waals surface area contributed by atoms with Crippen molar-refractivity contribution in [3.63, 3.8) is 0 Å². The first kappa shape index (κ1) is 7.63. The molecule has 0 aliphatic carbocycles. The Morgan fingerprint density at radius 2 is 1.62 bits per heavy atom. The summed E-state index contributed by atoms with van der Waals surface area (Å²) in [7, 11) is 0. The Kier molecular flexibility index (Phi) is 1.85. The lowest BCUT2D eigenvalue weighted by Gasteiger charge is -2.01. The van der Waals surface area contributed by atoms with Crippen molar-refractivity contribution in [2.45, 2.75) is 0 Å². The molecule has 0 radical (unpaired) electrons. The summed E-state index contributed by atoms with van der Waals surface area (Å²) in [5.74, 6) is 0. The molecule has 0 unspecified atom stereocenters. The maximum atomic E-state index is 8.60. The molecule has 2 rings (SSSR count). The fourth-order valence-electron chi connectivity index (χ4n) is 1.21. The second kappa shape index (κ2) is 3.16. The lowest BCUT2D eigenvalue weighted by Crippen LogP contribution is -1.88. The highest BCUT2D eigenvalue weighted by molar-refractivity contribution is 5.39. The molecule has 0 saturated carbocycles. The standard InChI is InChI=1S/C11H8N2/c12-9-10-3-5-11(6-4-10)13-7-1-2-8-13/h1-8H. The minimum absolute atomic E-state index is 0.691. The minimum atomic E-state index is 0.691. The van der Waals surface area contributed by atoms with Gasteiger partial charge in [-0.05, 0) is 36.4 Å². The molecule has 0 atom stereocenters. The maximum Gasteiger partial charge on any atom is 0.0991 e. The Hall–Kier alpha value is -2.01. The predicted molar refractivity (Wildman–Crippen MR) is 50.5 cm³/mol. The largest absolute Gasteiger partial charge is 0.324 e. The van der Waals surface area contributed by atoms with E-state index in [0.717, 1.165) is 5.69 Å². The van der Waals surface area contributed by atoms with E-state index in [-0.39, 0.29) is 0 Å². The number of hydrogen-bond acceptors (Lipinski definition) is 1. The highest BCUT2D eigenvalue weighted by atomic mass is 14.9. The molecule has 0 saturated heterocycles. The number of nitrogens with zero attached hydrogens (tertiary/aromatic N) is 2. The number of hydrogen-bond donors (Lipinski definition) is 0. The van der Waals surface area contributed by atoms with Gasteiger partial charge in [-0.15, -0.1) is 0 Å². The third-order valence-electron chi connectivity index (χ3n) is 1.90.